The molecule has 2 aromatic carbocycles. The van der Waals surface area contributed by atoms with Gasteiger partial charge in [-0.3, -0.25) is 5.32 Å². The average Bonchev–Trinajstić information content (AvgIpc) is 2.70. The van der Waals surface area contributed by atoms with E-state index in [0.29, 0.717) is 23.5 Å². The second kappa shape index (κ2) is 8.16. The molecule has 5 N–H and O–H groups in total. The summed E-state index contributed by atoms with van der Waals surface area (Å²) in [7, 11) is 0. The lowest BCUT2D eigenvalue weighted by molar-refractivity contribution is -0.109. The third-order valence-electron chi connectivity index (χ3n) is 5.53. The van der Waals surface area contributed by atoms with Crippen LogP contribution in [0, 0.1) is 11.6 Å². The molecule has 0 amide bonds. The molecule has 162 valence electrons. The molecule has 0 aromatic heterocycles. The van der Waals surface area contributed by atoms with Crippen LogP contribution in [0.5, 0.6) is 5.75 Å². The van der Waals surface area contributed by atoms with E-state index in [-0.39, 0.29) is 36.8 Å². The molecule has 2 heterocycles. The Kier molecular flexibility index (Phi) is 5.73. The van der Waals surface area contributed by atoms with Crippen molar-refractivity contribution in [1.29, 1.82) is 0 Å². The Bertz CT molecular complexity index is 951. The fraction of sp³-hybridized carbons (Fsp3) is 0.400. The van der Waals surface area contributed by atoms with Gasteiger partial charge in [-0.25, -0.2) is 8.78 Å². The highest BCUT2D eigenvalue weighted by atomic mass is 35.5. The van der Waals surface area contributed by atoms with Crippen molar-refractivity contribution < 1.29 is 28.8 Å². The monoisotopic (exact) mass is 441 g/mol. The Labute approximate surface area is 176 Å². The number of nitrogens with zero attached hydrogens (tertiary/aromatic N) is 1. The van der Waals surface area contributed by atoms with E-state index >= 15 is 0 Å². The third kappa shape index (κ3) is 4.03. The molecule has 0 radical (unpaired) electrons. The first-order valence-corrected chi connectivity index (χ1v) is 9.87. The van der Waals surface area contributed by atoms with Gasteiger partial charge < -0.3 is 30.3 Å². The molecular weight excluding hydrogens is 420 g/mol. The zero-order chi connectivity index (χ0) is 21.5. The smallest absolute Gasteiger partial charge is 0.181 e. The minimum absolute atomic E-state index is 0.00917. The van der Waals surface area contributed by atoms with Crippen LogP contribution in [0.4, 0.5) is 20.2 Å². The lowest BCUT2D eigenvalue weighted by Gasteiger charge is -2.42. The van der Waals surface area contributed by atoms with E-state index in [2.05, 4.69) is 10.6 Å². The minimum atomic E-state index is -1.56. The van der Waals surface area contributed by atoms with Crippen LogP contribution >= 0.6 is 11.6 Å². The van der Waals surface area contributed by atoms with Crippen molar-refractivity contribution in [3.8, 4) is 5.75 Å². The van der Waals surface area contributed by atoms with Gasteiger partial charge in [0, 0.05) is 30.2 Å². The van der Waals surface area contributed by atoms with Crippen molar-refractivity contribution in [3.63, 3.8) is 0 Å². The van der Waals surface area contributed by atoms with Gasteiger partial charge in [0.05, 0.1) is 11.4 Å². The van der Waals surface area contributed by atoms with Crippen LogP contribution in [0.3, 0.4) is 0 Å². The van der Waals surface area contributed by atoms with Crippen LogP contribution in [0.2, 0.25) is 5.02 Å². The molecule has 1 saturated heterocycles. The molecule has 0 aliphatic carbocycles. The first-order chi connectivity index (χ1) is 14.3. The highest BCUT2D eigenvalue weighted by Gasteiger charge is 2.42. The number of hydrogen-bond acceptors (Lipinski definition) is 7. The Morgan fingerprint density at radius 1 is 1.20 bits per heavy atom. The van der Waals surface area contributed by atoms with Gasteiger partial charge in [-0.2, -0.15) is 0 Å². The number of aliphatic hydroxyl groups excluding tert-OH is 2. The van der Waals surface area contributed by atoms with Crippen LogP contribution in [0.15, 0.2) is 30.3 Å². The first kappa shape index (κ1) is 21.1. The number of halogens is 3. The van der Waals surface area contributed by atoms with E-state index < -0.39 is 29.7 Å². The van der Waals surface area contributed by atoms with Gasteiger partial charge in [0.25, 0.3) is 0 Å². The number of aliphatic hydroxyl groups is 3. The topological polar surface area (TPSA) is 97.2 Å². The molecule has 1 fully saturated rings. The van der Waals surface area contributed by atoms with E-state index in [1.807, 2.05) is 0 Å². The molecule has 30 heavy (non-hydrogen) atoms. The second-order valence-electron chi connectivity index (χ2n) is 7.53. The number of rotatable bonds is 4. The first-order valence-electron chi connectivity index (χ1n) is 9.49. The van der Waals surface area contributed by atoms with Crippen molar-refractivity contribution in [1.82, 2.24) is 5.32 Å². The lowest BCUT2D eigenvalue weighted by atomic mass is 9.89. The van der Waals surface area contributed by atoms with Crippen molar-refractivity contribution in [2.45, 2.75) is 31.0 Å². The highest BCUT2D eigenvalue weighted by molar-refractivity contribution is 6.30. The summed E-state index contributed by atoms with van der Waals surface area (Å²) in [6.07, 6.45) is -2.14. The van der Waals surface area contributed by atoms with Crippen LogP contribution in [0.25, 0.3) is 0 Å². The summed E-state index contributed by atoms with van der Waals surface area (Å²) in [6.45, 7) is 0.245. The van der Waals surface area contributed by atoms with Crippen LogP contribution < -0.4 is 20.3 Å². The molecule has 0 spiro atoms. The largest absolute Gasteiger partial charge is 0.490 e. The van der Waals surface area contributed by atoms with E-state index in [4.69, 9.17) is 16.3 Å². The molecule has 2 aliphatic heterocycles. The maximum absolute atomic E-state index is 14.2. The Morgan fingerprint density at radius 3 is 2.73 bits per heavy atom. The van der Waals surface area contributed by atoms with Gasteiger partial charge in [-0.1, -0.05) is 11.6 Å². The maximum Gasteiger partial charge on any atom is 0.181 e. The second-order valence-corrected chi connectivity index (χ2v) is 7.96. The number of anilines is 2. The van der Waals surface area contributed by atoms with Gasteiger partial charge in [-0.15, -0.1) is 0 Å². The summed E-state index contributed by atoms with van der Waals surface area (Å²) in [5.41, 5.74) is -0.668. The maximum atomic E-state index is 14.2. The standard InChI is InChI=1S/C20H22ClF2N3O4/c21-11-1-3-15(14(23)7-11)26-6-5-20(29,17(27)9-26)10-30-16-4-2-13(22)18-12(16)8-24-19(28)25-18/h1-4,7,17,19,24-25,27-29H,5-6,8-10H2/t17-,19?,20-/m1/s1. The fourth-order valence-electron chi connectivity index (χ4n) is 3.75. The van der Waals surface area contributed by atoms with Crippen molar-refractivity contribution in [3.05, 3.63) is 52.6 Å². The van der Waals surface area contributed by atoms with E-state index in [1.165, 1.54) is 24.3 Å². The number of piperidine rings is 1. The van der Waals surface area contributed by atoms with Crippen molar-refractivity contribution in [2.75, 3.05) is 29.9 Å². The summed E-state index contributed by atoms with van der Waals surface area (Å²) in [5, 5.41) is 36.7. The van der Waals surface area contributed by atoms with Crippen LogP contribution in [0.1, 0.15) is 12.0 Å². The molecule has 2 aliphatic rings. The van der Waals surface area contributed by atoms with Crippen LogP contribution in [-0.2, 0) is 6.54 Å². The number of nitrogens with one attached hydrogen (secondary N) is 2. The molecule has 0 bridgehead atoms. The van der Waals surface area contributed by atoms with E-state index in [0.717, 1.165) is 0 Å². The summed E-state index contributed by atoms with van der Waals surface area (Å²) in [5.74, 6) is -0.712. The zero-order valence-electron chi connectivity index (χ0n) is 15.9. The van der Waals surface area contributed by atoms with Gasteiger partial charge in [0.2, 0.25) is 0 Å². The summed E-state index contributed by atoms with van der Waals surface area (Å²) in [6, 6.07) is 6.93. The Balaban J connectivity index is 1.45. The lowest BCUT2D eigenvalue weighted by Crippen LogP contribution is -2.58. The molecule has 2 aromatic rings. The molecule has 1 unspecified atom stereocenters. The minimum Gasteiger partial charge on any atom is -0.490 e. The van der Waals surface area contributed by atoms with E-state index in [9.17, 15) is 24.1 Å². The molecule has 10 heteroatoms. The Hall–Kier alpha value is -2.17. The third-order valence-corrected chi connectivity index (χ3v) is 5.76. The number of hydrogen-bond donors (Lipinski definition) is 5. The van der Waals surface area contributed by atoms with Crippen LogP contribution in [-0.4, -0.2) is 53.1 Å². The number of β-amino-alcohol motifs (C(OH)–C–C–N with tert-alkyl or cyclic N) is 1. The summed E-state index contributed by atoms with van der Waals surface area (Å²) >= 11 is 5.79. The molecule has 4 rings (SSSR count). The zero-order valence-corrected chi connectivity index (χ0v) is 16.7. The Morgan fingerprint density at radius 2 is 2.00 bits per heavy atom. The molecule has 0 saturated carbocycles. The predicted octanol–water partition coefficient (Wildman–Crippen LogP) is 1.79. The SMILES string of the molecule is OC1NCc2c(OC[C@]3(O)CCN(c4ccc(Cl)cc4F)C[C@H]3O)ccc(F)c2N1. The van der Waals surface area contributed by atoms with Gasteiger partial charge >= 0.3 is 0 Å². The molecular formula is C20H22ClF2N3O4. The number of fused-ring (bicyclic) bond motifs is 1. The van der Waals surface area contributed by atoms with Crippen molar-refractivity contribution in [2.24, 2.45) is 0 Å². The number of benzene rings is 2. The highest BCUT2D eigenvalue weighted by Crippen LogP contribution is 2.34. The van der Waals surface area contributed by atoms with Gasteiger partial charge in [0.15, 0.2) is 6.35 Å². The fourth-order valence-corrected chi connectivity index (χ4v) is 3.90. The van der Waals surface area contributed by atoms with Crippen molar-refractivity contribution >= 4 is 23.0 Å². The molecule has 7 nitrogen and oxygen atoms in total. The average molecular weight is 442 g/mol. The molecule has 3 atom stereocenters. The number of ether oxygens (including phenoxy) is 1. The van der Waals surface area contributed by atoms with Gasteiger partial charge in [-0.05, 0) is 36.8 Å². The van der Waals surface area contributed by atoms with Gasteiger partial charge in [0.1, 0.15) is 35.7 Å². The summed E-state index contributed by atoms with van der Waals surface area (Å²) in [4.78, 5) is 1.64. The summed E-state index contributed by atoms with van der Waals surface area (Å²) < 4.78 is 34.0. The quantitative estimate of drug-likeness (QED) is 0.493. The predicted molar refractivity (Wildman–Crippen MR) is 108 cm³/mol. The normalized spacial score (nSPS) is 26.1. The van der Waals surface area contributed by atoms with E-state index in [1.54, 1.807) is 11.0 Å².